The monoisotopic (exact) mass is 372 g/mol. The Morgan fingerprint density at radius 2 is 2.10 bits per heavy atom. The fraction of sp³-hybridized carbons (Fsp3) is 0.600. The number of nitrogens with one attached hydrogen (secondary N) is 1. The van der Waals surface area contributed by atoms with Crippen LogP contribution in [0.4, 0.5) is 5.69 Å². The van der Waals surface area contributed by atoms with Crippen molar-refractivity contribution >= 4 is 31.6 Å². The molecule has 0 radical (unpaired) electrons. The summed E-state index contributed by atoms with van der Waals surface area (Å²) in [6.45, 7) is 2.34. The summed E-state index contributed by atoms with van der Waals surface area (Å²) < 4.78 is 28.5. The lowest BCUT2D eigenvalue weighted by atomic mass is 9.89. The first kappa shape index (κ1) is 15.3. The molecule has 0 spiro atoms. The molecule has 116 valence electrons. The van der Waals surface area contributed by atoms with Crippen LogP contribution in [0.1, 0.15) is 31.2 Å². The highest BCUT2D eigenvalue weighted by Gasteiger charge is 2.39. The van der Waals surface area contributed by atoms with Gasteiger partial charge in [-0.2, -0.15) is 0 Å². The summed E-state index contributed by atoms with van der Waals surface area (Å²) in [6, 6.07) is 3.28. The van der Waals surface area contributed by atoms with Crippen LogP contribution >= 0.6 is 15.9 Å². The third kappa shape index (κ3) is 2.98. The number of sulfonamides is 1. The molecule has 6 heteroatoms. The molecule has 3 atom stereocenters. The maximum atomic E-state index is 12.5. The molecule has 0 heterocycles. The minimum atomic E-state index is -3.49. The van der Waals surface area contributed by atoms with Gasteiger partial charge in [0.15, 0.2) is 0 Å². The fourth-order valence-corrected chi connectivity index (χ4v) is 5.69. The summed E-state index contributed by atoms with van der Waals surface area (Å²) in [4.78, 5) is 0.284. The van der Waals surface area contributed by atoms with Gasteiger partial charge in [0.25, 0.3) is 0 Å². The van der Waals surface area contributed by atoms with Crippen LogP contribution in [0.25, 0.3) is 0 Å². The minimum absolute atomic E-state index is 0.284. The van der Waals surface area contributed by atoms with Gasteiger partial charge in [0.2, 0.25) is 10.0 Å². The molecule has 2 aliphatic carbocycles. The molecule has 2 bridgehead atoms. The van der Waals surface area contributed by atoms with E-state index < -0.39 is 10.0 Å². The zero-order chi connectivity index (χ0) is 15.2. The van der Waals surface area contributed by atoms with Gasteiger partial charge >= 0.3 is 0 Å². The Labute approximate surface area is 134 Å². The zero-order valence-corrected chi connectivity index (χ0v) is 14.5. The average Bonchev–Trinajstić information content (AvgIpc) is 3.03. The molecule has 21 heavy (non-hydrogen) atoms. The van der Waals surface area contributed by atoms with E-state index in [1.54, 1.807) is 13.0 Å². The van der Waals surface area contributed by atoms with E-state index in [9.17, 15) is 8.42 Å². The van der Waals surface area contributed by atoms with Gasteiger partial charge in [-0.3, -0.25) is 0 Å². The van der Waals surface area contributed by atoms with Gasteiger partial charge in [0, 0.05) is 16.7 Å². The Bertz CT molecular complexity index is 660. The summed E-state index contributed by atoms with van der Waals surface area (Å²) in [7, 11) is -3.49. The van der Waals surface area contributed by atoms with Crippen molar-refractivity contribution < 1.29 is 8.42 Å². The third-order valence-electron chi connectivity index (χ3n) is 5.00. The predicted molar refractivity (Wildman–Crippen MR) is 87.4 cm³/mol. The highest BCUT2D eigenvalue weighted by Crippen LogP contribution is 2.48. The Morgan fingerprint density at radius 1 is 1.33 bits per heavy atom. The second-order valence-corrected chi connectivity index (χ2v) is 9.02. The normalized spacial score (nSPS) is 28.2. The molecule has 2 aliphatic rings. The predicted octanol–water partition coefficient (Wildman–Crippen LogP) is 3.05. The van der Waals surface area contributed by atoms with Gasteiger partial charge in [-0.15, -0.1) is 0 Å². The molecule has 0 aromatic heterocycles. The zero-order valence-electron chi connectivity index (χ0n) is 12.1. The van der Waals surface area contributed by atoms with Crippen molar-refractivity contribution in [3.8, 4) is 0 Å². The lowest BCUT2D eigenvalue weighted by Crippen LogP contribution is -2.32. The number of hydrogen-bond acceptors (Lipinski definition) is 3. The average molecular weight is 373 g/mol. The van der Waals surface area contributed by atoms with Crippen LogP contribution in [-0.2, 0) is 10.0 Å². The highest BCUT2D eigenvalue weighted by molar-refractivity contribution is 9.10. The van der Waals surface area contributed by atoms with E-state index in [-0.39, 0.29) is 4.90 Å². The van der Waals surface area contributed by atoms with Crippen LogP contribution < -0.4 is 10.5 Å². The number of aryl methyl sites for hydroxylation is 1. The number of benzene rings is 1. The smallest absolute Gasteiger partial charge is 0.240 e. The standard InChI is InChI=1S/C15H21BrN2O2S/c1-9-4-13(16)14(17)7-15(9)21(19,20)18-8-12-6-10-2-3-11(12)5-10/h4,7,10-12,18H,2-3,5-6,8,17H2,1H3. The quantitative estimate of drug-likeness (QED) is 0.797. The number of halogens is 1. The molecule has 2 fully saturated rings. The van der Waals surface area contributed by atoms with Gasteiger partial charge < -0.3 is 5.73 Å². The molecular formula is C15H21BrN2O2S. The number of rotatable bonds is 4. The van der Waals surface area contributed by atoms with Gasteiger partial charge in [0.1, 0.15) is 0 Å². The molecule has 4 nitrogen and oxygen atoms in total. The Kier molecular flexibility index (Phi) is 4.05. The molecule has 3 rings (SSSR count). The molecule has 3 unspecified atom stereocenters. The van der Waals surface area contributed by atoms with Crippen molar-refractivity contribution in [2.45, 2.75) is 37.5 Å². The molecular weight excluding hydrogens is 352 g/mol. The second kappa shape index (κ2) is 5.56. The van der Waals surface area contributed by atoms with Crippen molar-refractivity contribution in [1.29, 1.82) is 0 Å². The van der Waals surface area contributed by atoms with Gasteiger partial charge in [-0.05, 0) is 77.6 Å². The van der Waals surface area contributed by atoms with Crippen LogP contribution in [0.3, 0.4) is 0 Å². The maximum absolute atomic E-state index is 12.5. The molecule has 1 aromatic rings. The van der Waals surface area contributed by atoms with Crippen LogP contribution in [0.15, 0.2) is 21.5 Å². The van der Waals surface area contributed by atoms with Crippen molar-refractivity contribution in [3.63, 3.8) is 0 Å². The van der Waals surface area contributed by atoms with E-state index in [2.05, 4.69) is 20.7 Å². The third-order valence-corrected chi connectivity index (χ3v) is 7.26. The van der Waals surface area contributed by atoms with E-state index in [1.165, 1.54) is 31.7 Å². The van der Waals surface area contributed by atoms with E-state index in [1.807, 2.05) is 0 Å². The molecule has 2 saturated carbocycles. The summed E-state index contributed by atoms with van der Waals surface area (Å²) >= 11 is 3.32. The molecule has 0 saturated heterocycles. The molecule has 1 aromatic carbocycles. The first-order valence-electron chi connectivity index (χ1n) is 7.42. The van der Waals surface area contributed by atoms with Crippen LogP contribution in [0.2, 0.25) is 0 Å². The van der Waals surface area contributed by atoms with E-state index in [0.717, 1.165) is 10.4 Å². The number of nitrogens with two attached hydrogens (primary N) is 1. The van der Waals surface area contributed by atoms with Crippen molar-refractivity contribution in [2.75, 3.05) is 12.3 Å². The topological polar surface area (TPSA) is 72.2 Å². The fourth-order valence-electron chi connectivity index (χ4n) is 3.88. The van der Waals surface area contributed by atoms with Crippen molar-refractivity contribution in [2.24, 2.45) is 17.8 Å². The van der Waals surface area contributed by atoms with Gasteiger partial charge in [-0.25, -0.2) is 13.1 Å². The Morgan fingerprint density at radius 3 is 2.71 bits per heavy atom. The Balaban J connectivity index is 1.74. The summed E-state index contributed by atoms with van der Waals surface area (Å²) in [5.41, 5.74) is 6.97. The second-order valence-electron chi connectivity index (χ2n) is 6.43. The summed E-state index contributed by atoms with van der Waals surface area (Å²) in [5, 5.41) is 0. The lowest BCUT2D eigenvalue weighted by molar-refractivity contribution is 0.333. The highest BCUT2D eigenvalue weighted by atomic mass is 79.9. The van der Waals surface area contributed by atoms with Gasteiger partial charge in [-0.1, -0.05) is 6.42 Å². The molecule has 3 N–H and O–H groups in total. The SMILES string of the molecule is Cc1cc(Br)c(N)cc1S(=O)(=O)NCC1CC2CCC1C2. The molecule has 0 amide bonds. The van der Waals surface area contributed by atoms with Gasteiger partial charge in [0.05, 0.1) is 4.90 Å². The van der Waals surface area contributed by atoms with Crippen molar-refractivity contribution in [3.05, 3.63) is 22.2 Å². The Hall–Kier alpha value is -0.590. The maximum Gasteiger partial charge on any atom is 0.240 e. The van der Waals surface area contributed by atoms with E-state index >= 15 is 0 Å². The van der Waals surface area contributed by atoms with Crippen LogP contribution in [-0.4, -0.2) is 15.0 Å². The van der Waals surface area contributed by atoms with Crippen molar-refractivity contribution in [1.82, 2.24) is 4.72 Å². The minimum Gasteiger partial charge on any atom is -0.398 e. The molecule has 0 aliphatic heterocycles. The largest absolute Gasteiger partial charge is 0.398 e. The summed E-state index contributed by atoms with van der Waals surface area (Å²) in [6.07, 6.45) is 5.06. The van der Waals surface area contributed by atoms with E-state index in [0.29, 0.717) is 29.6 Å². The summed E-state index contributed by atoms with van der Waals surface area (Å²) in [5.74, 6) is 2.05. The van der Waals surface area contributed by atoms with Crippen LogP contribution in [0.5, 0.6) is 0 Å². The first-order valence-corrected chi connectivity index (χ1v) is 9.69. The number of anilines is 1. The number of nitrogen functional groups attached to an aromatic ring is 1. The van der Waals surface area contributed by atoms with E-state index in [4.69, 9.17) is 5.73 Å². The van der Waals surface area contributed by atoms with Crippen LogP contribution in [0, 0.1) is 24.7 Å². The lowest BCUT2D eigenvalue weighted by Gasteiger charge is -2.22. The number of hydrogen-bond donors (Lipinski definition) is 2. The number of fused-ring (bicyclic) bond motifs is 2. The first-order chi connectivity index (χ1) is 9.87.